The van der Waals surface area contributed by atoms with Gasteiger partial charge in [0.05, 0.1) is 22.3 Å². The normalized spacial score (nSPS) is 10.9. The van der Waals surface area contributed by atoms with Crippen LogP contribution >= 0.6 is 12.4 Å². The molecular formula is C19H23ClN4O. The fourth-order valence-electron chi connectivity index (χ4n) is 2.83. The van der Waals surface area contributed by atoms with Crippen LogP contribution in [0.25, 0.3) is 21.8 Å². The number of pyridine rings is 1. The molecule has 1 aromatic heterocycles. The third kappa shape index (κ3) is 3.67. The van der Waals surface area contributed by atoms with Crippen LogP contribution in [-0.2, 0) is 0 Å². The molecule has 0 aliphatic heterocycles. The number of nitrogens with zero attached hydrogens (tertiary/aromatic N) is 2. The average molecular weight is 359 g/mol. The second-order valence-electron chi connectivity index (χ2n) is 6.26. The molecule has 0 bridgehead atoms. The van der Waals surface area contributed by atoms with Gasteiger partial charge in [-0.1, -0.05) is 30.3 Å². The highest BCUT2D eigenvalue weighted by Gasteiger charge is 2.15. The molecule has 0 radical (unpaired) electrons. The van der Waals surface area contributed by atoms with Crippen molar-refractivity contribution in [2.45, 2.75) is 6.92 Å². The number of para-hydroxylation sites is 2. The molecule has 3 aromatic rings. The Kier molecular flexibility index (Phi) is 5.82. The predicted octanol–water partition coefficient (Wildman–Crippen LogP) is 2.99. The Balaban J connectivity index is 0.00000225. The molecule has 0 aliphatic carbocycles. The lowest BCUT2D eigenvalue weighted by molar-refractivity contribution is 0.0952. The summed E-state index contributed by atoms with van der Waals surface area (Å²) in [6.45, 7) is 3.37. The summed E-state index contributed by atoms with van der Waals surface area (Å²) < 4.78 is 0. The molecule has 1 amide bonds. The lowest BCUT2D eigenvalue weighted by atomic mass is 10.0. The fraction of sp³-hybridized carbons (Fsp3) is 0.263. The number of fused-ring (bicyclic) bond motifs is 2. The summed E-state index contributed by atoms with van der Waals surface area (Å²) in [5.41, 5.74) is 10.1. The SMILES string of the molecule is Cc1cccc2c(N)c3cccc(C(=O)NCCN(C)C)c3nc12.Cl. The summed E-state index contributed by atoms with van der Waals surface area (Å²) >= 11 is 0. The highest BCUT2D eigenvalue weighted by atomic mass is 35.5. The minimum absolute atomic E-state index is 0. The Labute approximate surface area is 153 Å². The number of nitrogens with one attached hydrogen (secondary N) is 1. The number of hydrogen-bond acceptors (Lipinski definition) is 4. The molecule has 3 N–H and O–H groups in total. The summed E-state index contributed by atoms with van der Waals surface area (Å²) in [5.74, 6) is -0.123. The van der Waals surface area contributed by atoms with E-state index in [1.807, 2.05) is 56.3 Å². The van der Waals surface area contributed by atoms with Crippen molar-refractivity contribution in [3.63, 3.8) is 0 Å². The van der Waals surface area contributed by atoms with Gasteiger partial charge in [0, 0.05) is 23.9 Å². The zero-order chi connectivity index (χ0) is 17.3. The minimum atomic E-state index is -0.123. The van der Waals surface area contributed by atoms with Crippen LogP contribution < -0.4 is 11.1 Å². The average Bonchev–Trinajstić information content (AvgIpc) is 2.55. The molecule has 1 heterocycles. The molecular weight excluding hydrogens is 336 g/mol. The number of nitrogens with two attached hydrogens (primary N) is 1. The van der Waals surface area contributed by atoms with Crippen LogP contribution in [0, 0.1) is 6.92 Å². The number of carbonyl (C=O) groups is 1. The predicted molar refractivity (Wildman–Crippen MR) is 107 cm³/mol. The highest BCUT2D eigenvalue weighted by molar-refractivity contribution is 6.13. The molecule has 25 heavy (non-hydrogen) atoms. The van der Waals surface area contributed by atoms with Gasteiger partial charge in [0.1, 0.15) is 0 Å². The van der Waals surface area contributed by atoms with E-state index in [0.717, 1.165) is 28.4 Å². The highest BCUT2D eigenvalue weighted by Crippen LogP contribution is 2.31. The molecule has 2 aromatic carbocycles. The van der Waals surface area contributed by atoms with E-state index in [4.69, 9.17) is 10.7 Å². The van der Waals surface area contributed by atoms with E-state index in [2.05, 4.69) is 5.32 Å². The van der Waals surface area contributed by atoms with Crippen molar-refractivity contribution >= 4 is 45.8 Å². The van der Waals surface area contributed by atoms with Gasteiger partial charge in [0.2, 0.25) is 0 Å². The van der Waals surface area contributed by atoms with Crippen molar-refractivity contribution in [3.05, 3.63) is 47.5 Å². The van der Waals surface area contributed by atoms with E-state index < -0.39 is 0 Å². The second kappa shape index (κ2) is 7.68. The summed E-state index contributed by atoms with van der Waals surface area (Å²) in [7, 11) is 3.95. The third-order valence-corrected chi connectivity index (χ3v) is 4.17. The number of hydrogen-bond donors (Lipinski definition) is 2. The summed E-state index contributed by atoms with van der Waals surface area (Å²) in [4.78, 5) is 19.3. The molecule has 0 atom stereocenters. The van der Waals surface area contributed by atoms with Crippen LogP contribution in [0.2, 0.25) is 0 Å². The van der Waals surface area contributed by atoms with Crippen LogP contribution in [-0.4, -0.2) is 43.0 Å². The van der Waals surface area contributed by atoms with E-state index in [9.17, 15) is 4.79 Å². The number of carbonyl (C=O) groups excluding carboxylic acids is 1. The van der Waals surface area contributed by atoms with Gasteiger partial charge in [0.15, 0.2) is 0 Å². The lowest BCUT2D eigenvalue weighted by Crippen LogP contribution is -2.31. The first-order valence-corrected chi connectivity index (χ1v) is 7.99. The second-order valence-corrected chi connectivity index (χ2v) is 6.26. The van der Waals surface area contributed by atoms with Gasteiger partial charge in [-0.25, -0.2) is 4.98 Å². The first kappa shape index (κ1) is 19.0. The lowest BCUT2D eigenvalue weighted by Gasteiger charge is -2.13. The molecule has 0 unspecified atom stereocenters. The Morgan fingerprint density at radius 1 is 1.12 bits per heavy atom. The van der Waals surface area contributed by atoms with Crippen molar-refractivity contribution in [2.75, 3.05) is 32.9 Å². The Morgan fingerprint density at radius 2 is 1.76 bits per heavy atom. The standard InChI is InChI=1S/C19H22N4O.ClH/c1-12-6-4-7-13-16(20)14-8-5-9-15(18(14)22-17(12)13)19(24)21-10-11-23(2)3;/h4-9H,10-11H2,1-3H3,(H2,20,22)(H,21,24);1H. The van der Waals surface area contributed by atoms with Crippen molar-refractivity contribution in [3.8, 4) is 0 Å². The smallest absolute Gasteiger partial charge is 0.253 e. The number of benzene rings is 2. The molecule has 132 valence electrons. The van der Waals surface area contributed by atoms with Crippen LogP contribution in [0.5, 0.6) is 0 Å². The van der Waals surface area contributed by atoms with E-state index in [0.29, 0.717) is 23.3 Å². The van der Waals surface area contributed by atoms with Gasteiger partial charge < -0.3 is 16.0 Å². The number of aromatic nitrogens is 1. The quantitative estimate of drug-likeness (QED) is 0.703. The van der Waals surface area contributed by atoms with Crippen LogP contribution in [0.3, 0.4) is 0 Å². The number of amides is 1. The first-order chi connectivity index (χ1) is 11.5. The van der Waals surface area contributed by atoms with Gasteiger partial charge >= 0.3 is 0 Å². The van der Waals surface area contributed by atoms with Crippen molar-refractivity contribution < 1.29 is 4.79 Å². The Morgan fingerprint density at radius 3 is 2.44 bits per heavy atom. The molecule has 0 saturated carbocycles. The fourth-order valence-corrected chi connectivity index (χ4v) is 2.83. The van der Waals surface area contributed by atoms with E-state index >= 15 is 0 Å². The zero-order valence-corrected chi connectivity index (χ0v) is 15.5. The summed E-state index contributed by atoms with van der Waals surface area (Å²) in [5, 5.41) is 4.68. The Bertz CT molecular complexity index is 924. The zero-order valence-electron chi connectivity index (χ0n) is 14.7. The number of halogens is 1. The maximum atomic E-state index is 12.6. The van der Waals surface area contributed by atoms with Gasteiger partial charge in [-0.15, -0.1) is 12.4 Å². The molecule has 3 rings (SSSR count). The number of likely N-dealkylation sites (N-methyl/N-ethyl adjacent to an activating group) is 1. The van der Waals surface area contributed by atoms with Gasteiger partial charge in [-0.2, -0.15) is 0 Å². The Hall–Kier alpha value is -2.37. The van der Waals surface area contributed by atoms with Crippen molar-refractivity contribution in [1.82, 2.24) is 15.2 Å². The molecule has 0 saturated heterocycles. The van der Waals surface area contributed by atoms with Crippen LogP contribution in [0.15, 0.2) is 36.4 Å². The number of rotatable bonds is 4. The van der Waals surface area contributed by atoms with Gasteiger partial charge in [0.25, 0.3) is 5.91 Å². The molecule has 0 aliphatic rings. The summed E-state index contributed by atoms with van der Waals surface area (Å²) in [6, 6.07) is 11.5. The first-order valence-electron chi connectivity index (χ1n) is 7.99. The minimum Gasteiger partial charge on any atom is -0.398 e. The molecule has 6 heteroatoms. The van der Waals surface area contributed by atoms with Gasteiger partial charge in [-0.3, -0.25) is 4.79 Å². The monoisotopic (exact) mass is 358 g/mol. The van der Waals surface area contributed by atoms with Gasteiger partial charge in [-0.05, 0) is 32.6 Å². The molecule has 0 fully saturated rings. The van der Waals surface area contributed by atoms with E-state index in [1.165, 1.54) is 0 Å². The van der Waals surface area contributed by atoms with Crippen molar-refractivity contribution in [1.29, 1.82) is 0 Å². The van der Waals surface area contributed by atoms with Crippen LogP contribution in [0.1, 0.15) is 15.9 Å². The van der Waals surface area contributed by atoms with E-state index in [-0.39, 0.29) is 18.3 Å². The van der Waals surface area contributed by atoms with E-state index in [1.54, 1.807) is 6.07 Å². The largest absolute Gasteiger partial charge is 0.398 e. The maximum absolute atomic E-state index is 12.6. The maximum Gasteiger partial charge on any atom is 0.253 e. The molecule has 5 nitrogen and oxygen atoms in total. The summed E-state index contributed by atoms with van der Waals surface area (Å²) in [6.07, 6.45) is 0. The van der Waals surface area contributed by atoms with Crippen LogP contribution in [0.4, 0.5) is 5.69 Å². The number of aryl methyl sites for hydroxylation is 1. The third-order valence-electron chi connectivity index (χ3n) is 4.17. The molecule has 0 spiro atoms. The number of anilines is 1. The van der Waals surface area contributed by atoms with Crippen molar-refractivity contribution in [2.24, 2.45) is 0 Å². The number of nitrogen functional groups attached to an aromatic ring is 1. The topological polar surface area (TPSA) is 71.2 Å².